The van der Waals surface area contributed by atoms with E-state index in [0.717, 1.165) is 5.56 Å². The first-order valence-corrected chi connectivity index (χ1v) is 7.94. The summed E-state index contributed by atoms with van der Waals surface area (Å²) in [6.07, 6.45) is 4.56. The average molecular weight is 363 g/mol. The van der Waals surface area contributed by atoms with Gasteiger partial charge < -0.3 is 19.5 Å². The molecule has 1 aromatic carbocycles. The summed E-state index contributed by atoms with van der Waals surface area (Å²) >= 11 is 6.18. The summed E-state index contributed by atoms with van der Waals surface area (Å²) in [7, 11) is 3.05. The van der Waals surface area contributed by atoms with Gasteiger partial charge in [-0.25, -0.2) is 4.98 Å². The largest absolute Gasteiger partial charge is 0.491 e. The molecule has 1 N–H and O–H groups in total. The van der Waals surface area contributed by atoms with Gasteiger partial charge in [-0.05, 0) is 36.8 Å². The standard InChI is InChI=1S/C18H19ClN2O4/c1-4-25-15-10-12(9-14(19)18(15)24-3)5-7-16(22)21-13-6-8-17(23-2)20-11-13/h5-11H,4H2,1-3H3,(H,21,22)/b7-5+. The van der Waals surface area contributed by atoms with E-state index in [2.05, 4.69) is 10.3 Å². The molecule has 0 aliphatic rings. The summed E-state index contributed by atoms with van der Waals surface area (Å²) in [6.45, 7) is 2.34. The van der Waals surface area contributed by atoms with Crippen molar-refractivity contribution in [2.24, 2.45) is 0 Å². The van der Waals surface area contributed by atoms with Crippen LogP contribution in [-0.4, -0.2) is 31.7 Å². The molecule has 0 saturated carbocycles. The van der Waals surface area contributed by atoms with Crippen molar-refractivity contribution in [1.29, 1.82) is 0 Å². The van der Waals surface area contributed by atoms with Crippen LogP contribution in [0.1, 0.15) is 12.5 Å². The number of hydrogen-bond acceptors (Lipinski definition) is 5. The molecule has 0 spiro atoms. The van der Waals surface area contributed by atoms with Gasteiger partial charge in [0, 0.05) is 12.1 Å². The molecule has 6 nitrogen and oxygen atoms in total. The number of benzene rings is 1. The molecular weight excluding hydrogens is 344 g/mol. The van der Waals surface area contributed by atoms with Gasteiger partial charge in [-0.2, -0.15) is 0 Å². The maximum absolute atomic E-state index is 12.0. The fraction of sp³-hybridized carbons (Fsp3) is 0.222. The molecule has 0 fully saturated rings. The number of nitrogens with one attached hydrogen (secondary N) is 1. The highest BCUT2D eigenvalue weighted by Crippen LogP contribution is 2.36. The maximum Gasteiger partial charge on any atom is 0.248 e. The molecule has 132 valence electrons. The first-order chi connectivity index (χ1) is 12.1. The van der Waals surface area contributed by atoms with Crippen LogP contribution in [0.2, 0.25) is 5.02 Å². The minimum absolute atomic E-state index is 0.295. The fourth-order valence-electron chi connectivity index (χ4n) is 2.08. The molecule has 25 heavy (non-hydrogen) atoms. The van der Waals surface area contributed by atoms with E-state index in [1.807, 2.05) is 6.92 Å². The Balaban J connectivity index is 2.10. The molecule has 0 unspecified atom stereocenters. The van der Waals surface area contributed by atoms with Crippen molar-refractivity contribution in [1.82, 2.24) is 4.98 Å². The van der Waals surface area contributed by atoms with E-state index in [9.17, 15) is 4.79 Å². The number of carbonyl (C=O) groups excluding carboxylic acids is 1. The van der Waals surface area contributed by atoms with Crippen LogP contribution in [0, 0.1) is 0 Å². The van der Waals surface area contributed by atoms with Crippen LogP contribution < -0.4 is 19.5 Å². The topological polar surface area (TPSA) is 69.7 Å². The van der Waals surface area contributed by atoms with E-state index < -0.39 is 0 Å². The Bertz CT molecular complexity index is 760. The Kier molecular flexibility index (Phi) is 6.65. The summed E-state index contributed by atoms with van der Waals surface area (Å²) in [5, 5.41) is 3.12. The summed E-state index contributed by atoms with van der Waals surface area (Å²) in [6, 6.07) is 6.82. The quantitative estimate of drug-likeness (QED) is 0.758. The second kappa shape index (κ2) is 8.94. The lowest BCUT2D eigenvalue weighted by Crippen LogP contribution is -2.08. The van der Waals surface area contributed by atoms with Crippen molar-refractivity contribution in [2.45, 2.75) is 6.92 Å². The van der Waals surface area contributed by atoms with E-state index in [1.165, 1.54) is 26.5 Å². The SMILES string of the molecule is CCOc1cc(/C=C/C(=O)Nc2ccc(OC)nc2)cc(Cl)c1OC. The van der Waals surface area contributed by atoms with Crippen LogP contribution in [0.3, 0.4) is 0 Å². The Morgan fingerprint density at radius 3 is 2.68 bits per heavy atom. The highest BCUT2D eigenvalue weighted by Gasteiger charge is 2.10. The number of pyridine rings is 1. The van der Waals surface area contributed by atoms with Crippen molar-refractivity contribution in [3.63, 3.8) is 0 Å². The number of hydrogen-bond donors (Lipinski definition) is 1. The van der Waals surface area contributed by atoms with Gasteiger partial charge in [-0.1, -0.05) is 11.6 Å². The Morgan fingerprint density at radius 1 is 1.28 bits per heavy atom. The minimum Gasteiger partial charge on any atom is -0.491 e. The van der Waals surface area contributed by atoms with Crippen LogP contribution in [0.15, 0.2) is 36.5 Å². The third kappa shape index (κ3) is 5.12. The van der Waals surface area contributed by atoms with E-state index in [-0.39, 0.29) is 5.91 Å². The molecule has 2 aromatic rings. The predicted molar refractivity (Wildman–Crippen MR) is 97.6 cm³/mol. The number of halogens is 1. The smallest absolute Gasteiger partial charge is 0.248 e. The normalized spacial score (nSPS) is 10.6. The first-order valence-electron chi connectivity index (χ1n) is 7.56. The molecule has 7 heteroatoms. The lowest BCUT2D eigenvalue weighted by atomic mass is 10.2. The van der Waals surface area contributed by atoms with Gasteiger partial charge in [0.25, 0.3) is 0 Å². The molecule has 0 saturated heterocycles. The molecule has 0 aliphatic carbocycles. The summed E-state index contributed by atoms with van der Waals surface area (Å²) in [5.74, 6) is 1.17. The monoisotopic (exact) mass is 362 g/mol. The molecule has 0 bridgehead atoms. The van der Waals surface area contributed by atoms with Crippen molar-refractivity contribution < 1.29 is 19.0 Å². The van der Waals surface area contributed by atoms with Gasteiger partial charge in [-0.15, -0.1) is 0 Å². The number of aromatic nitrogens is 1. The summed E-state index contributed by atoms with van der Waals surface area (Å²) < 4.78 is 15.7. The predicted octanol–water partition coefficient (Wildman–Crippen LogP) is 3.80. The Labute approximate surface area is 151 Å². The van der Waals surface area contributed by atoms with E-state index in [1.54, 1.807) is 30.3 Å². The minimum atomic E-state index is -0.295. The molecule has 0 radical (unpaired) electrons. The van der Waals surface area contributed by atoms with Crippen LogP contribution in [0.5, 0.6) is 17.4 Å². The number of carbonyl (C=O) groups is 1. The van der Waals surface area contributed by atoms with Gasteiger partial charge in [0.05, 0.1) is 37.7 Å². The number of methoxy groups -OCH3 is 2. The van der Waals surface area contributed by atoms with E-state index >= 15 is 0 Å². The number of rotatable bonds is 7. The second-order valence-electron chi connectivity index (χ2n) is 4.88. The molecular formula is C18H19ClN2O4. The lowest BCUT2D eigenvalue weighted by molar-refractivity contribution is -0.111. The third-order valence-corrected chi connectivity index (χ3v) is 3.46. The maximum atomic E-state index is 12.0. The summed E-state index contributed by atoms with van der Waals surface area (Å²) in [4.78, 5) is 16.0. The molecule has 1 heterocycles. The second-order valence-corrected chi connectivity index (χ2v) is 5.29. The fourth-order valence-corrected chi connectivity index (χ4v) is 2.37. The van der Waals surface area contributed by atoms with Gasteiger partial charge in [-0.3, -0.25) is 4.79 Å². The van der Waals surface area contributed by atoms with Gasteiger partial charge in [0.2, 0.25) is 11.8 Å². The number of amides is 1. The highest BCUT2D eigenvalue weighted by atomic mass is 35.5. The molecule has 1 aromatic heterocycles. The van der Waals surface area contributed by atoms with E-state index in [0.29, 0.717) is 34.7 Å². The van der Waals surface area contributed by atoms with Crippen molar-refractivity contribution in [2.75, 3.05) is 26.1 Å². The molecule has 0 aliphatic heterocycles. The van der Waals surface area contributed by atoms with Gasteiger partial charge in [0.15, 0.2) is 11.5 Å². The van der Waals surface area contributed by atoms with Crippen LogP contribution in [-0.2, 0) is 4.79 Å². The van der Waals surface area contributed by atoms with Gasteiger partial charge >= 0.3 is 0 Å². The van der Waals surface area contributed by atoms with Crippen molar-refractivity contribution in [3.8, 4) is 17.4 Å². The zero-order valence-electron chi connectivity index (χ0n) is 14.2. The Morgan fingerprint density at radius 2 is 2.08 bits per heavy atom. The zero-order chi connectivity index (χ0) is 18.2. The zero-order valence-corrected chi connectivity index (χ0v) is 15.0. The third-order valence-electron chi connectivity index (χ3n) is 3.18. The van der Waals surface area contributed by atoms with Crippen molar-refractivity contribution in [3.05, 3.63) is 47.1 Å². The molecule has 0 atom stereocenters. The van der Waals surface area contributed by atoms with Crippen LogP contribution >= 0.6 is 11.6 Å². The lowest BCUT2D eigenvalue weighted by Gasteiger charge is -2.11. The molecule has 2 rings (SSSR count). The Hall–Kier alpha value is -2.73. The van der Waals surface area contributed by atoms with Crippen LogP contribution in [0.4, 0.5) is 5.69 Å². The molecule has 1 amide bonds. The number of nitrogens with zero attached hydrogens (tertiary/aromatic N) is 1. The number of ether oxygens (including phenoxy) is 3. The van der Waals surface area contributed by atoms with Crippen LogP contribution in [0.25, 0.3) is 6.08 Å². The van der Waals surface area contributed by atoms with Gasteiger partial charge in [0.1, 0.15) is 0 Å². The summed E-state index contributed by atoms with van der Waals surface area (Å²) in [5.41, 5.74) is 1.29. The highest BCUT2D eigenvalue weighted by molar-refractivity contribution is 6.32. The first kappa shape index (κ1) is 18.6. The van der Waals surface area contributed by atoms with Crippen molar-refractivity contribution >= 4 is 29.3 Å². The van der Waals surface area contributed by atoms with E-state index in [4.69, 9.17) is 25.8 Å². The number of anilines is 1. The average Bonchev–Trinajstić information content (AvgIpc) is 2.61.